The van der Waals surface area contributed by atoms with Gasteiger partial charge < -0.3 is 15.3 Å². The number of carbonyl (C=O) groups is 2. The van der Waals surface area contributed by atoms with Crippen LogP contribution in [0.3, 0.4) is 0 Å². The molecule has 0 aliphatic heterocycles. The molecule has 0 heterocycles. The Morgan fingerprint density at radius 3 is 1.35 bits per heavy atom. The molecule has 1 unspecified atom stereocenters. The molecule has 13 heteroatoms. The number of carboxylic acids is 2. The quantitative estimate of drug-likeness (QED) is 0.336. The minimum atomic E-state index is -4.85. The van der Waals surface area contributed by atoms with Gasteiger partial charge in [-0.1, -0.05) is 0 Å². The third kappa shape index (κ3) is 12.7. The number of aliphatic carboxylic acids is 2. The molecule has 1 atom stereocenters. The first-order valence-corrected chi connectivity index (χ1v) is 6.42. The molecule has 0 bridgehead atoms. The number of rotatable bonds is 4. The zero-order chi connectivity index (χ0) is 14.4. The maximum Gasteiger partial charge on any atom is 0.351 e. The van der Waals surface area contributed by atoms with E-state index < -0.39 is 43.4 Å². The molecule has 11 nitrogen and oxygen atoms in total. The Bertz CT molecular complexity index is 470. The molecule has 0 saturated carbocycles. The van der Waals surface area contributed by atoms with Gasteiger partial charge in [-0.25, -0.2) is 4.79 Å². The first kappa shape index (κ1) is 18.1. The van der Waals surface area contributed by atoms with Crippen molar-refractivity contribution in [3.63, 3.8) is 0 Å². The normalized spacial score (nSPS) is 13.1. The summed E-state index contributed by atoms with van der Waals surface area (Å²) in [4.78, 5) is 19.0. The minimum Gasteiger partial charge on any atom is -0.480 e. The molecule has 0 radical (unpaired) electrons. The molecule has 0 spiro atoms. The molecule has 0 aromatic heterocycles. The maximum atomic E-state index is 9.70. The van der Waals surface area contributed by atoms with Crippen LogP contribution in [0, 0.1) is 0 Å². The maximum absolute atomic E-state index is 9.70. The summed E-state index contributed by atoms with van der Waals surface area (Å²) in [5.41, 5.74) is -2.74. The van der Waals surface area contributed by atoms with Crippen LogP contribution < -0.4 is 0 Å². The molecule has 17 heavy (non-hydrogen) atoms. The molecule has 0 rings (SSSR count). The Labute approximate surface area is 94.8 Å². The van der Waals surface area contributed by atoms with Crippen LogP contribution in [0.5, 0.6) is 0 Å². The summed E-state index contributed by atoms with van der Waals surface area (Å²) in [6.07, 6.45) is 0. The SMILES string of the molecule is O=C(O)C(O)S(=O)(=O)O.O=C(O)CS(=O)(=O)O. The van der Waals surface area contributed by atoms with E-state index >= 15 is 0 Å². The topological polar surface area (TPSA) is 204 Å². The highest BCUT2D eigenvalue weighted by molar-refractivity contribution is 7.87. The van der Waals surface area contributed by atoms with Gasteiger partial charge in [0.25, 0.3) is 15.6 Å². The molecule has 0 aliphatic rings. The summed E-state index contributed by atoms with van der Waals surface area (Å²) in [5.74, 6) is -4.79. The van der Waals surface area contributed by atoms with Crippen LogP contribution in [-0.4, -0.2) is 64.4 Å². The van der Waals surface area contributed by atoms with Crippen LogP contribution in [0.2, 0.25) is 0 Å². The Morgan fingerprint density at radius 1 is 1.00 bits per heavy atom. The summed E-state index contributed by atoms with van der Waals surface area (Å²) < 4.78 is 54.2. The van der Waals surface area contributed by atoms with E-state index in [9.17, 15) is 26.4 Å². The van der Waals surface area contributed by atoms with Crippen molar-refractivity contribution in [2.24, 2.45) is 0 Å². The van der Waals surface area contributed by atoms with Crippen LogP contribution >= 0.6 is 0 Å². The van der Waals surface area contributed by atoms with Crippen LogP contribution in [0.1, 0.15) is 0 Å². The van der Waals surface area contributed by atoms with Crippen LogP contribution in [0.15, 0.2) is 0 Å². The fraction of sp³-hybridized carbons (Fsp3) is 0.500. The third-order valence-electron chi connectivity index (χ3n) is 0.799. The van der Waals surface area contributed by atoms with E-state index in [0.29, 0.717) is 0 Å². The van der Waals surface area contributed by atoms with Crippen molar-refractivity contribution < 1.29 is 50.8 Å². The number of hydrogen-bond donors (Lipinski definition) is 5. The van der Waals surface area contributed by atoms with Gasteiger partial charge in [0.15, 0.2) is 5.75 Å². The number of hydrogen-bond acceptors (Lipinski definition) is 7. The number of carboxylic acid groups (broad SMARTS) is 2. The van der Waals surface area contributed by atoms with Crippen LogP contribution in [0.4, 0.5) is 0 Å². The first-order valence-electron chi connectivity index (χ1n) is 3.31. The van der Waals surface area contributed by atoms with Crippen molar-refractivity contribution in [3.05, 3.63) is 0 Å². The van der Waals surface area contributed by atoms with E-state index in [0.717, 1.165) is 0 Å². The standard InChI is InChI=1S/C2H4O6S.C2H4O5S/c3-1(4)2(5)9(6,7)8;3-2(4)1-8(5,6)7/h2,5H,(H,3,4)(H,6,7,8);1H2,(H,3,4)(H,5,6,7). The monoisotopic (exact) mass is 296 g/mol. The van der Waals surface area contributed by atoms with Crippen molar-refractivity contribution in [1.29, 1.82) is 0 Å². The Kier molecular flexibility index (Phi) is 6.87. The van der Waals surface area contributed by atoms with Crippen LogP contribution in [-0.2, 0) is 29.8 Å². The predicted molar refractivity (Wildman–Crippen MR) is 49.2 cm³/mol. The zero-order valence-electron chi connectivity index (χ0n) is 7.79. The lowest BCUT2D eigenvalue weighted by atomic mass is 10.7. The Hall–Kier alpha value is -1.28. The van der Waals surface area contributed by atoms with Gasteiger partial charge in [0.05, 0.1) is 0 Å². The minimum absolute atomic E-state index is 1.23. The summed E-state index contributed by atoms with van der Waals surface area (Å²) >= 11 is 0. The molecule has 0 amide bonds. The largest absolute Gasteiger partial charge is 0.480 e. The van der Waals surface area contributed by atoms with E-state index in [-0.39, 0.29) is 0 Å². The average Bonchev–Trinajstić information content (AvgIpc) is 1.96. The van der Waals surface area contributed by atoms with E-state index in [1.165, 1.54) is 0 Å². The van der Waals surface area contributed by atoms with Gasteiger partial charge in [0.2, 0.25) is 0 Å². The number of aliphatic hydroxyl groups is 1. The van der Waals surface area contributed by atoms with Gasteiger partial charge in [-0.3, -0.25) is 13.9 Å². The van der Waals surface area contributed by atoms with E-state index in [1.54, 1.807) is 0 Å². The van der Waals surface area contributed by atoms with Gasteiger partial charge in [-0.15, -0.1) is 0 Å². The molecule has 5 N–H and O–H groups in total. The van der Waals surface area contributed by atoms with Crippen molar-refractivity contribution in [2.45, 2.75) is 5.44 Å². The fourth-order valence-corrected chi connectivity index (χ4v) is 0.850. The Balaban J connectivity index is 0. The van der Waals surface area contributed by atoms with E-state index in [1.807, 2.05) is 0 Å². The molecule has 0 aliphatic carbocycles. The molecular weight excluding hydrogens is 288 g/mol. The summed E-state index contributed by atoms with van der Waals surface area (Å²) in [6.45, 7) is 0. The average molecular weight is 296 g/mol. The molecular formula is C4H8O11S2. The van der Waals surface area contributed by atoms with E-state index in [2.05, 4.69) is 0 Å². The second-order valence-electron chi connectivity index (χ2n) is 2.33. The smallest absolute Gasteiger partial charge is 0.351 e. The third-order valence-corrected chi connectivity index (χ3v) is 2.18. The highest BCUT2D eigenvalue weighted by Gasteiger charge is 2.27. The van der Waals surface area contributed by atoms with Crippen molar-refractivity contribution in [3.8, 4) is 0 Å². The van der Waals surface area contributed by atoms with Gasteiger partial charge in [-0.05, 0) is 0 Å². The van der Waals surface area contributed by atoms with Gasteiger partial charge in [-0.2, -0.15) is 16.8 Å². The Morgan fingerprint density at radius 2 is 1.35 bits per heavy atom. The van der Waals surface area contributed by atoms with Crippen LogP contribution in [0.25, 0.3) is 0 Å². The van der Waals surface area contributed by atoms with Crippen molar-refractivity contribution in [2.75, 3.05) is 5.75 Å². The molecule has 0 aromatic carbocycles. The van der Waals surface area contributed by atoms with Crippen molar-refractivity contribution in [1.82, 2.24) is 0 Å². The summed E-state index contributed by atoms with van der Waals surface area (Å²) in [7, 11) is -9.17. The van der Waals surface area contributed by atoms with Crippen molar-refractivity contribution >= 4 is 32.2 Å². The molecule has 102 valence electrons. The number of aliphatic hydroxyl groups excluding tert-OH is 1. The van der Waals surface area contributed by atoms with Gasteiger partial charge >= 0.3 is 22.1 Å². The van der Waals surface area contributed by atoms with Gasteiger partial charge in [0, 0.05) is 0 Å². The highest BCUT2D eigenvalue weighted by atomic mass is 32.2. The van der Waals surface area contributed by atoms with E-state index in [4.69, 9.17) is 24.4 Å². The highest BCUT2D eigenvalue weighted by Crippen LogP contribution is 1.91. The lowest BCUT2D eigenvalue weighted by molar-refractivity contribution is -0.142. The fourth-order valence-electron chi connectivity index (χ4n) is 0.283. The van der Waals surface area contributed by atoms with Gasteiger partial charge in [0.1, 0.15) is 0 Å². The predicted octanol–water partition coefficient (Wildman–Crippen LogP) is -2.76. The molecule has 0 aromatic rings. The second kappa shape index (κ2) is 6.45. The summed E-state index contributed by atoms with van der Waals surface area (Å²) in [6, 6.07) is 0. The summed E-state index contributed by atoms with van der Waals surface area (Å²) in [5, 5.41) is 23.5. The molecule has 0 saturated heterocycles. The lowest BCUT2D eigenvalue weighted by Crippen LogP contribution is -2.28. The lowest BCUT2D eigenvalue weighted by Gasteiger charge is -1.97. The molecule has 0 fully saturated rings. The second-order valence-corrected chi connectivity index (χ2v) is 5.25. The first-order chi connectivity index (χ1) is 7.27. The zero-order valence-corrected chi connectivity index (χ0v) is 9.42.